The zero-order valence-corrected chi connectivity index (χ0v) is 10.8. The molecular weight excluding hydrogens is 344 g/mol. The summed E-state index contributed by atoms with van der Waals surface area (Å²) in [6.07, 6.45) is 0. The first kappa shape index (κ1) is 11.3. The van der Waals surface area contributed by atoms with Crippen LogP contribution in [-0.2, 0) is 0 Å². The fourth-order valence-electron chi connectivity index (χ4n) is 1.38. The number of nitrogens with one attached hydrogen (secondary N) is 1. The van der Waals surface area contributed by atoms with Crippen LogP contribution >= 0.6 is 31.9 Å². The number of hydrogen-bond donors (Lipinski definition) is 1. The molecule has 0 saturated carbocycles. The van der Waals surface area contributed by atoms with E-state index in [1.165, 1.54) is 6.07 Å². The summed E-state index contributed by atoms with van der Waals surface area (Å²) in [7, 11) is 0. The molecule has 7 heteroatoms. The molecule has 0 aliphatic heterocycles. The third-order valence-corrected chi connectivity index (χ3v) is 3.09. The maximum Gasteiger partial charge on any atom is 0.294 e. The molecule has 0 fully saturated rings. The molecule has 1 heterocycles. The van der Waals surface area contributed by atoms with Gasteiger partial charge in [-0.25, -0.2) is 0 Å². The summed E-state index contributed by atoms with van der Waals surface area (Å²) in [5.74, 6) is 0. The van der Waals surface area contributed by atoms with Crippen LogP contribution in [0.4, 0.5) is 5.69 Å². The summed E-state index contributed by atoms with van der Waals surface area (Å²) >= 11 is 6.26. The van der Waals surface area contributed by atoms with Crippen molar-refractivity contribution in [3.8, 4) is 0 Å². The number of hydrogen-bond acceptors (Lipinski definition) is 3. The Bertz CT molecular complexity index is 651. The number of H-pyrrole nitrogens is 1. The molecule has 2 rings (SSSR count). The number of halogens is 2. The van der Waals surface area contributed by atoms with Crippen LogP contribution in [0.2, 0.25) is 0 Å². The molecule has 0 saturated heterocycles. The Balaban J connectivity index is 2.96. The number of nitro groups is 1. The van der Waals surface area contributed by atoms with E-state index < -0.39 is 10.5 Å². The second kappa shape index (κ2) is 3.99. The molecule has 5 nitrogen and oxygen atoms in total. The highest BCUT2D eigenvalue weighted by atomic mass is 79.9. The van der Waals surface area contributed by atoms with Gasteiger partial charge in [0.1, 0.15) is 5.52 Å². The molecule has 0 aliphatic carbocycles. The minimum Gasteiger partial charge on any atom is -0.315 e. The molecule has 0 bridgehead atoms. The third-order valence-electron chi connectivity index (χ3n) is 2.05. The van der Waals surface area contributed by atoms with Crippen molar-refractivity contribution in [2.24, 2.45) is 0 Å². The van der Waals surface area contributed by atoms with Crippen molar-refractivity contribution in [3.63, 3.8) is 0 Å². The van der Waals surface area contributed by atoms with Gasteiger partial charge in [0.25, 0.3) is 11.2 Å². The van der Waals surface area contributed by atoms with E-state index in [9.17, 15) is 14.9 Å². The molecule has 2 aromatic rings. The lowest BCUT2D eigenvalue weighted by molar-refractivity contribution is -0.383. The molecule has 16 heavy (non-hydrogen) atoms. The van der Waals surface area contributed by atoms with Crippen molar-refractivity contribution in [2.45, 2.75) is 0 Å². The zero-order chi connectivity index (χ0) is 11.9. The lowest BCUT2D eigenvalue weighted by atomic mass is 10.2. The lowest BCUT2D eigenvalue weighted by Crippen LogP contribution is -2.07. The zero-order valence-electron chi connectivity index (χ0n) is 7.66. The Kier molecular flexibility index (Phi) is 2.81. The largest absolute Gasteiger partial charge is 0.315 e. The van der Waals surface area contributed by atoms with E-state index in [4.69, 9.17) is 0 Å². The first-order valence-electron chi connectivity index (χ1n) is 4.15. The van der Waals surface area contributed by atoms with E-state index in [1.54, 1.807) is 12.1 Å². The van der Waals surface area contributed by atoms with Gasteiger partial charge >= 0.3 is 0 Å². The van der Waals surface area contributed by atoms with E-state index in [0.29, 0.717) is 14.3 Å². The van der Waals surface area contributed by atoms with Gasteiger partial charge in [-0.1, -0.05) is 15.9 Å². The van der Waals surface area contributed by atoms with Crippen molar-refractivity contribution in [1.82, 2.24) is 4.98 Å². The molecule has 0 radical (unpaired) electrons. The third kappa shape index (κ3) is 1.88. The maximum atomic E-state index is 11.4. The Labute approximate surface area is 106 Å². The highest BCUT2D eigenvalue weighted by molar-refractivity contribution is 9.10. The number of nitro benzene ring substituents is 1. The van der Waals surface area contributed by atoms with Gasteiger partial charge in [-0.05, 0) is 28.1 Å². The Morgan fingerprint density at radius 3 is 2.56 bits per heavy atom. The van der Waals surface area contributed by atoms with E-state index >= 15 is 0 Å². The molecule has 1 aromatic carbocycles. The van der Waals surface area contributed by atoms with Crippen molar-refractivity contribution in [3.05, 3.63) is 47.6 Å². The Morgan fingerprint density at radius 1 is 1.25 bits per heavy atom. The van der Waals surface area contributed by atoms with E-state index in [-0.39, 0.29) is 11.2 Å². The first-order chi connectivity index (χ1) is 7.49. The minimum atomic E-state index is -0.531. The molecule has 1 aromatic heterocycles. The van der Waals surface area contributed by atoms with Gasteiger partial charge in [0, 0.05) is 15.9 Å². The molecule has 1 N–H and O–H groups in total. The summed E-state index contributed by atoms with van der Waals surface area (Å²) < 4.78 is 0.929. The topological polar surface area (TPSA) is 76.0 Å². The summed E-state index contributed by atoms with van der Waals surface area (Å²) in [4.78, 5) is 24.1. The number of aromatic nitrogens is 1. The molecule has 0 aliphatic rings. The highest BCUT2D eigenvalue weighted by Crippen LogP contribution is 2.28. The van der Waals surface area contributed by atoms with E-state index in [1.807, 2.05) is 0 Å². The van der Waals surface area contributed by atoms with Crippen LogP contribution in [0.25, 0.3) is 10.9 Å². The summed E-state index contributed by atoms with van der Waals surface area (Å²) in [5, 5.41) is 11.4. The molecule has 0 amide bonds. The van der Waals surface area contributed by atoms with Crippen molar-refractivity contribution in [1.29, 1.82) is 0 Å². The van der Waals surface area contributed by atoms with Gasteiger partial charge < -0.3 is 4.98 Å². The van der Waals surface area contributed by atoms with E-state index in [2.05, 4.69) is 36.8 Å². The number of pyridine rings is 1. The number of non-ortho nitro benzene ring substituents is 1. The molecule has 0 unspecified atom stereocenters. The van der Waals surface area contributed by atoms with Gasteiger partial charge in [-0.2, -0.15) is 0 Å². The van der Waals surface area contributed by atoms with Crippen LogP contribution in [0.15, 0.2) is 31.9 Å². The number of fused-ring (bicyclic) bond motifs is 1. The SMILES string of the molecule is O=c1[nH]c2c([N+](=O)[O-])cc(Br)cc2cc1Br. The Hall–Kier alpha value is -1.21. The van der Waals surface area contributed by atoms with Crippen LogP contribution in [0.3, 0.4) is 0 Å². The molecule has 82 valence electrons. The first-order valence-corrected chi connectivity index (χ1v) is 5.74. The van der Waals surface area contributed by atoms with Crippen LogP contribution in [0.5, 0.6) is 0 Å². The lowest BCUT2D eigenvalue weighted by Gasteiger charge is -2.01. The molecule has 0 atom stereocenters. The average molecular weight is 348 g/mol. The van der Waals surface area contributed by atoms with Crippen LogP contribution < -0.4 is 5.56 Å². The fourth-order valence-corrected chi connectivity index (χ4v) is 2.19. The quantitative estimate of drug-likeness (QED) is 0.636. The summed E-state index contributed by atoms with van der Waals surface area (Å²) in [6, 6.07) is 4.60. The fraction of sp³-hybridized carbons (Fsp3) is 0. The smallest absolute Gasteiger partial charge is 0.294 e. The monoisotopic (exact) mass is 346 g/mol. The van der Waals surface area contributed by atoms with Gasteiger partial charge in [-0.15, -0.1) is 0 Å². The predicted molar refractivity (Wildman–Crippen MR) is 66.6 cm³/mol. The standard InChI is InChI=1S/C9H4Br2N2O3/c10-5-1-4-2-6(11)9(14)12-8(4)7(3-5)13(15)16/h1-3H,(H,12,14). The van der Waals surface area contributed by atoms with Crippen molar-refractivity contribution in [2.75, 3.05) is 0 Å². The molecule has 0 spiro atoms. The average Bonchev–Trinajstić information content (AvgIpc) is 2.19. The van der Waals surface area contributed by atoms with Crippen molar-refractivity contribution >= 4 is 48.5 Å². The number of nitrogens with zero attached hydrogens (tertiary/aromatic N) is 1. The van der Waals surface area contributed by atoms with Crippen molar-refractivity contribution < 1.29 is 4.92 Å². The minimum absolute atomic E-state index is 0.131. The van der Waals surface area contributed by atoms with E-state index in [0.717, 1.165) is 0 Å². The van der Waals surface area contributed by atoms with Crippen LogP contribution in [0.1, 0.15) is 0 Å². The van der Waals surface area contributed by atoms with Crippen LogP contribution in [-0.4, -0.2) is 9.91 Å². The predicted octanol–water partition coefficient (Wildman–Crippen LogP) is 2.96. The maximum absolute atomic E-state index is 11.4. The number of aromatic amines is 1. The Morgan fingerprint density at radius 2 is 1.94 bits per heavy atom. The van der Waals surface area contributed by atoms with Gasteiger partial charge in [-0.3, -0.25) is 14.9 Å². The number of rotatable bonds is 1. The van der Waals surface area contributed by atoms with Gasteiger partial charge in [0.2, 0.25) is 0 Å². The second-order valence-corrected chi connectivity index (χ2v) is 4.86. The normalized spacial score (nSPS) is 10.6. The number of benzene rings is 1. The summed E-state index contributed by atoms with van der Waals surface area (Å²) in [5.41, 5.74) is -0.298. The summed E-state index contributed by atoms with van der Waals surface area (Å²) in [6.45, 7) is 0. The van der Waals surface area contributed by atoms with Crippen LogP contribution in [0, 0.1) is 10.1 Å². The highest BCUT2D eigenvalue weighted by Gasteiger charge is 2.15. The second-order valence-electron chi connectivity index (χ2n) is 3.09. The van der Waals surface area contributed by atoms with Gasteiger partial charge in [0.15, 0.2) is 0 Å². The molecular formula is C9H4Br2N2O3. The van der Waals surface area contributed by atoms with Gasteiger partial charge in [0.05, 0.1) is 9.40 Å².